The molecule has 0 radical (unpaired) electrons. The third kappa shape index (κ3) is 4.62. The Kier molecular flexibility index (Phi) is 5.65. The van der Waals surface area contributed by atoms with Crippen LogP contribution in [0.15, 0.2) is 0 Å². The maximum absolute atomic E-state index is 10.9. The van der Waals surface area contributed by atoms with Crippen molar-refractivity contribution in [3.05, 3.63) is 0 Å². The Bertz CT molecular complexity index is 196. The molecule has 0 bridgehead atoms. The molecule has 0 aromatic carbocycles. The minimum Gasteiger partial charge on any atom is -0.303 e. The van der Waals surface area contributed by atoms with Gasteiger partial charge in [-0.1, -0.05) is 13.3 Å². The van der Waals surface area contributed by atoms with Crippen molar-refractivity contribution in [1.29, 1.82) is 0 Å². The molecule has 0 aliphatic carbocycles. The van der Waals surface area contributed by atoms with Crippen LogP contribution in [-0.2, 0) is 4.79 Å². The van der Waals surface area contributed by atoms with E-state index in [1.807, 2.05) is 0 Å². The maximum Gasteiger partial charge on any atom is 0.233 e. The molecule has 0 aromatic heterocycles. The summed E-state index contributed by atoms with van der Waals surface area (Å²) in [6.07, 6.45) is 5.24. The molecule has 1 amide bonds. The van der Waals surface area contributed by atoms with Crippen LogP contribution in [0, 0.1) is 5.92 Å². The molecule has 4 heteroatoms. The average Bonchev–Trinajstić information content (AvgIpc) is 2.72. The first-order valence-electron chi connectivity index (χ1n) is 5.98. The fraction of sp³-hybridized carbons (Fsp3) is 0.909. The van der Waals surface area contributed by atoms with E-state index in [1.165, 1.54) is 25.9 Å². The molecule has 15 heavy (non-hydrogen) atoms. The van der Waals surface area contributed by atoms with Crippen LogP contribution in [0.5, 0.6) is 0 Å². The minimum atomic E-state index is -0.0529. The van der Waals surface area contributed by atoms with Crippen molar-refractivity contribution >= 4 is 5.91 Å². The number of nitrogens with zero attached hydrogens (tertiary/aromatic N) is 1. The highest BCUT2D eigenvalue weighted by atomic mass is 16.2. The summed E-state index contributed by atoms with van der Waals surface area (Å²) in [6.45, 7) is 5.88. The standard InChI is InChI=1S/C11H23N3O/c1-2-10-6-8-14(9-10)7-4-3-5-11(15)13-12/h10H,2-9,12H2,1H3,(H,13,15). The Morgan fingerprint density at radius 2 is 2.33 bits per heavy atom. The van der Waals surface area contributed by atoms with Crippen LogP contribution >= 0.6 is 0 Å². The third-order valence-corrected chi connectivity index (χ3v) is 3.24. The van der Waals surface area contributed by atoms with Gasteiger partial charge in [-0.2, -0.15) is 0 Å². The highest BCUT2D eigenvalue weighted by Crippen LogP contribution is 2.19. The Morgan fingerprint density at radius 3 is 2.93 bits per heavy atom. The average molecular weight is 213 g/mol. The van der Waals surface area contributed by atoms with Crippen molar-refractivity contribution in [1.82, 2.24) is 10.3 Å². The number of nitrogens with one attached hydrogen (secondary N) is 1. The number of hydrazine groups is 1. The van der Waals surface area contributed by atoms with E-state index in [9.17, 15) is 4.79 Å². The third-order valence-electron chi connectivity index (χ3n) is 3.24. The van der Waals surface area contributed by atoms with Gasteiger partial charge in [0, 0.05) is 13.0 Å². The van der Waals surface area contributed by atoms with Crippen molar-refractivity contribution in [3.63, 3.8) is 0 Å². The number of carbonyl (C=O) groups is 1. The van der Waals surface area contributed by atoms with Gasteiger partial charge in [0.1, 0.15) is 0 Å². The number of carbonyl (C=O) groups excluding carboxylic acids is 1. The van der Waals surface area contributed by atoms with E-state index in [2.05, 4.69) is 17.2 Å². The number of unbranched alkanes of at least 4 members (excludes halogenated alkanes) is 1. The lowest BCUT2D eigenvalue weighted by molar-refractivity contribution is -0.121. The first-order chi connectivity index (χ1) is 7.26. The zero-order valence-corrected chi connectivity index (χ0v) is 9.67. The van der Waals surface area contributed by atoms with Crippen molar-refractivity contribution in [2.45, 2.75) is 39.0 Å². The molecule has 1 rings (SSSR count). The molecule has 1 heterocycles. The topological polar surface area (TPSA) is 58.4 Å². The second-order valence-corrected chi connectivity index (χ2v) is 4.39. The second-order valence-electron chi connectivity index (χ2n) is 4.39. The summed E-state index contributed by atoms with van der Waals surface area (Å²) in [5, 5.41) is 0. The number of likely N-dealkylation sites (tertiary alicyclic amines) is 1. The summed E-state index contributed by atoms with van der Waals surface area (Å²) in [5.41, 5.74) is 2.16. The summed E-state index contributed by atoms with van der Waals surface area (Å²) in [6, 6.07) is 0. The summed E-state index contributed by atoms with van der Waals surface area (Å²) < 4.78 is 0. The molecule has 3 N–H and O–H groups in total. The molecule has 4 nitrogen and oxygen atoms in total. The van der Waals surface area contributed by atoms with Gasteiger partial charge in [0.2, 0.25) is 5.91 Å². The highest BCUT2D eigenvalue weighted by molar-refractivity contribution is 5.75. The van der Waals surface area contributed by atoms with Crippen molar-refractivity contribution < 1.29 is 4.79 Å². The van der Waals surface area contributed by atoms with Crippen molar-refractivity contribution in [2.75, 3.05) is 19.6 Å². The zero-order valence-electron chi connectivity index (χ0n) is 9.67. The van der Waals surface area contributed by atoms with E-state index in [-0.39, 0.29) is 5.91 Å². The van der Waals surface area contributed by atoms with Gasteiger partial charge in [0.25, 0.3) is 0 Å². The lowest BCUT2D eigenvalue weighted by atomic mass is 10.1. The Hall–Kier alpha value is -0.610. The summed E-state index contributed by atoms with van der Waals surface area (Å²) in [4.78, 5) is 13.4. The number of hydrogen-bond acceptors (Lipinski definition) is 3. The lowest BCUT2D eigenvalue weighted by Gasteiger charge is -2.14. The first-order valence-corrected chi connectivity index (χ1v) is 5.98. The van der Waals surface area contributed by atoms with Crippen LogP contribution in [-0.4, -0.2) is 30.4 Å². The number of hydrogen-bond donors (Lipinski definition) is 2. The number of rotatable bonds is 6. The first kappa shape index (κ1) is 12.5. The number of amides is 1. The van der Waals surface area contributed by atoms with E-state index in [1.54, 1.807) is 0 Å². The monoisotopic (exact) mass is 213 g/mol. The van der Waals surface area contributed by atoms with E-state index >= 15 is 0 Å². The van der Waals surface area contributed by atoms with Gasteiger partial charge < -0.3 is 4.90 Å². The van der Waals surface area contributed by atoms with E-state index < -0.39 is 0 Å². The lowest BCUT2D eigenvalue weighted by Crippen LogP contribution is -2.30. The molecule has 0 spiro atoms. The molecule has 1 atom stereocenters. The summed E-state index contributed by atoms with van der Waals surface area (Å²) >= 11 is 0. The van der Waals surface area contributed by atoms with Crippen molar-refractivity contribution in [3.8, 4) is 0 Å². The van der Waals surface area contributed by atoms with Gasteiger partial charge in [-0.25, -0.2) is 5.84 Å². The van der Waals surface area contributed by atoms with Crippen molar-refractivity contribution in [2.24, 2.45) is 11.8 Å². The molecular weight excluding hydrogens is 190 g/mol. The molecule has 1 fully saturated rings. The van der Waals surface area contributed by atoms with Crippen LogP contribution in [0.25, 0.3) is 0 Å². The van der Waals surface area contributed by atoms with Crippen LogP contribution in [0.1, 0.15) is 39.0 Å². The van der Waals surface area contributed by atoms with Gasteiger partial charge in [0.15, 0.2) is 0 Å². The van der Waals surface area contributed by atoms with Gasteiger partial charge in [-0.15, -0.1) is 0 Å². The molecule has 1 saturated heterocycles. The molecule has 1 aliphatic heterocycles. The fourth-order valence-electron chi connectivity index (χ4n) is 2.14. The predicted molar refractivity (Wildman–Crippen MR) is 61.0 cm³/mol. The van der Waals surface area contributed by atoms with Crippen LogP contribution in [0.3, 0.4) is 0 Å². The van der Waals surface area contributed by atoms with E-state index in [0.29, 0.717) is 6.42 Å². The minimum absolute atomic E-state index is 0.0529. The summed E-state index contributed by atoms with van der Waals surface area (Å²) in [7, 11) is 0. The summed E-state index contributed by atoms with van der Waals surface area (Å²) in [5.74, 6) is 5.85. The molecular formula is C11H23N3O. The van der Waals surface area contributed by atoms with E-state index in [4.69, 9.17) is 5.84 Å². The quantitative estimate of drug-likeness (QED) is 0.298. The fourth-order valence-corrected chi connectivity index (χ4v) is 2.14. The van der Waals surface area contributed by atoms with E-state index in [0.717, 1.165) is 25.3 Å². The molecule has 1 aliphatic rings. The normalized spacial score (nSPS) is 21.9. The van der Waals surface area contributed by atoms with Crippen LogP contribution < -0.4 is 11.3 Å². The molecule has 1 unspecified atom stereocenters. The second kappa shape index (κ2) is 6.80. The number of nitrogens with two attached hydrogens (primary N) is 1. The SMILES string of the molecule is CCC1CCN(CCCCC(=O)NN)C1. The highest BCUT2D eigenvalue weighted by Gasteiger charge is 2.19. The Morgan fingerprint density at radius 1 is 1.53 bits per heavy atom. The largest absolute Gasteiger partial charge is 0.303 e. The zero-order chi connectivity index (χ0) is 11.1. The van der Waals surface area contributed by atoms with Gasteiger partial charge >= 0.3 is 0 Å². The van der Waals surface area contributed by atoms with Gasteiger partial charge in [-0.3, -0.25) is 10.2 Å². The molecule has 0 aromatic rings. The molecule has 0 saturated carbocycles. The van der Waals surface area contributed by atoms with Gasteiger partial charge in [0.05, 0.1) is 0 Å². The smallest absolute Gasteiger partial charge is 0.233 e. The van der Waals surface area contributed by atoms with Crippen LogP contribution in [0.4, 0.5) is 0 Å². The Balaban J connectivity index is 1.99. The van der Waals surface area contributed by atoms with Gasteiger partial charge in [-0.05, 0) is 38.3 Å². The molecule has 88 valence electrons. The van der Waals surface area contributed by atoms with Crippen LogP contribution in [0.2, 0.25) is 0 Å². The predicted octanol–water partition coefficient (Wildman–Crippen LogP) is 0.879. The Labute approximate surface area is 92.2 Å². The maximum atomic E-state index is 10.9.